The summed E-state index contributed by atoms with van der Waals surface area (Å²) in [6.45, 7) is 6.68. The zero-order chi connectivity index (χ0) is 16.5. The smallest absolute Gasteiger partial charge is 0.319 e. The molecule has 1 saturated heterocycles. The van der Waals surface area contributed by atoms with Crippen molar-refractivity contribution in [2.24, 2.45) is 0 Å². The highest BCUT2D eigenvalue weighted by Gasteiger charge is 2.36. The molecule has 0 bridgehead atoms. The van der Waals surface area contributed by atoms with Crippen LogP contribution in [-0.4, -0.2) is 30.6 Å². The normalized spacial score (nSPS) is 15.5. The Morgan fingerprint density at radius 3 is 2.55 bits per heavy atom. The van der Waals surface area contributed by atoms with Crippen molar-refractivity contribution in [2.75, 3.05) is 24.5 Å². The number of hydrogen-bond acceptors (Lipinski definition) is 1. The molecule has 0 atom stereocenters. The van der Waals surface area contributed by atoms with Crippen molar-refractivity contribution in [1.82, 2.24) is 4.90 Å². The molecule has 1 aromatic rings. The molecule has 0 radical (unpaired) electrons. The van der Waals surface area contributed by atoms with Crippen molar-refractivity contribution >= 4 is 11.7 Å². The molecule has 6 heteroatoms. The number of carbonyl (C=O) groups excluding carboxylic acids is 1. The fourth-order valence-corrected chi connectivity index (χ4v) is 2.49. The quantitative estimate of drug-likeness (QED) is 0.767. The summed E-state index contributed by atoms with van der Waals surface area (Å²) < 4.78 is 38.9. The van der Waals surface area contributed by atoms with Crippen LogP contribution in [0.25, 0.3) is 0 Å². The molecular formula is C16H19F3N2O. The molecule has 1 aromatic carbocycles. The topological polar surface area (TPSA) is 23.6 Å². The number of nitrogens with zero attached hydrogens (tertiary/aromatic N) is 2. The van der Waals surface area contributed by atoms with Gasteiger partial charge in [0, 0.05) is 25.3 Å². The third-order valence-electron chi connectivity index (χ3n) is 3.72. The van der Waals surface area contributed by atoms with Crippen LogP contribution in [0.1, 0.15) is 25.0 Å². The zero-order valence-corrected chi connectivity index (χ0v) is 12.9. The molecule has 0 aliphatic carbocycles. The predicted molar refractivity (Wildman–Crippen MR) is 79.9 cm³/mol. The standard InChI is InChI=1S/C16H19F3N2O/c1-11(2)7-8-20-9-10-21(15(20)22)14-6-4-5-13(12(14)3)16(17,18)19/h4-7H,8-10H2,1-3H3. The first-order chi connectivity index (χ1) is 10.2. The molecule has 0 saturated carbocycles. The van der Waals surface area contributed by atoms with E-state index in [0.29, 0.717) is 25.3 Å². The maximum Gasteiger partial charge on any atom is 0.416 e. The van der Waals surface area contributed by atoms with Gasteiger partial charge in [0.1, 0.15) is 0 Å². The van der Waals surface area contributed by atoms with Crippen LogP contribution in [0.4, 0.5) is 23.7 Å². The van der Waals surface area contributed by atoms with Gasteiger partial charge in [0.15, 0.2) is 0 Å². The Balaban J connectivity index is 2.27. The van der Waals surface area contributed by atoms with E-state index in [-0.39, 0.29) is 11.6 Å². The molecule has 2 amide bonds. The van der Waals surface area contributed by atoms with E-state index in [1.807, 2.05) is 19.9 Å². The summed E-state index contributed by atoms with van der Waals surface area (Å²) in [5, 5.41) is 0. The molecule has 22 heavy (non-hydrogen) atoms. The lowest BCUT2D eigenvalue weighted by Crippen LogP contribution is -2.32. The first-order valence-corrected chi connectivity index (χ1v) is 7.08. The molecule has 3 nitrogen and oxygen atoms in total. The van der Waals surface area contributed by atoms with Crippen molar-refractivity contribution < 1.29 is 18.0 Å². The van der Waals surface area contributed by atoms with Gasteiger partial charge in [-0.3, -0.25) is 4.90 Å². The van der Waals surface area contributed by atoms with Crippen LogP contribution in [0, 0.1) is 6.92 Å². The fourth-order valence-electron chi connectivity index (χ4n) is 2.49. The van der Waals surface area contributed by atoms with Gasteiger partial charge in [0.2, 0.25) is 0 Å². The van der Waals surface area contributed by atoms with Crippen LogP contribution >= 0.6 is 0 Å². The number of benzene rings is 1. The highest BCUT2D eigenvalue weighted by molar-refractivity contribution is 5.95. The number of rotatable bonds is 3. The number of halogens is 3. The lowest BCUT2D eigenvalue weighted by atomic mass is 10.1. The molecular weight excluding hydrogens is 293 g/mol. The van der Waals surface area contributed by atoms with Gasteiger partial charge in [-0.25, -0.2) is 4.79 Å². The summed E-state index contributed by atoms with van der Waals surface area (Å²) in [5.74, 6) is 0. The fraction of sp³-hybridized carbons (Fsp3) is 0.438. The van der Waals surface area contributed by atoms with E-state index in [9.17, 15) is 18.0 Å². The monoisotopic (exact) mass is 312 g/mol. The minimum Gasteiger partial charge on any atom is -0.319 e. The predicted octanol–water partition coefficient (Wildman–Crippen LogP) is 4.22. The van der Waals surface area contributed by atoms with Crippen molar-refractivity contribution in [2.45, 2.75) is 26.9 Å². The number of carbonyl (C=O) groups is 1. The Labute approximate surface area is 128 Å². The Kier molecular flexibility index (Phi) is 4.49. The van der Waals surface area contributed by atoms with Gasteiger partial charge in [-0.05, 0) is 38.5 Å². The van der Waals surface area contributed by atoms with E-state index >= 15 is 0 Å². The number of allylic oxidation sites excluding steroid dienone is 1. The molecule has 0 N–H and O–H groups in total. The molecule has 0 spiro atoms. The Hall–Kier alpha value is -1.98. The minimum absolute atomic E-state index is 0.0902. The van der Waals surface area contributed by atoms with Crippen LogP contribution in [0.5, 0.6) is 0 Å². The lowest BCUT2D eigenvalue weighted by Gasteiger charge is -2.22. The van der Waals surface area contributed by atoms with Crippen molar-refractivity contribution in [3.05, 3.63) is 41.0 Å². The lowest BCUT2D eigenvalue weighted by molar-refractivity contribution is -0.138. The third-order valence-corrected chi connectivity index (χ3v) is 3.72. The van der Waals surface area contributed by atoms with E-state index in [0.717, 1.165) is 11.6 Å². The van der Waals surface area contributed by atoms with Gasteiger partial charge in [-0.15, -0.1) is 0 Å². The van der Waals surface area contributed by atoms with Crippen molar-refractivity contribution in [1.29, 1.82) is 0 Å². The van der Waals surface area contributed by atoms with E-state index in [1.54, 1.807) is 11.0 Å². The van der Waals surface area contributed by atoms with E-state index < -0.39 is 11.7 Å². The largest absolute Gasteiger partial charge is 0.416 e. The van der Waals surface area contributed by atoms with Gasteiger partial charge in [-0.2, -0.15) is 13.2 Å². The highest BCUT2D eigenvalue weighted by Crippen LogP contribution is 2.36. The van der Waals surface area contributed by atoms with Crippen molar-refractivity contribution in [3.8, 4) is 0 Å². The second-order valence-corrected chi connectivity index (χ2v) is 5.61. The summed E-state index contributed by atoms with van der Waals surface area (Å²) in [6, 6.07) is 3.70. The maximum atomic E-state index is 13.0. The third kappa shape index (κ3) is 3.26. The molecule has 2 rings (SSSR count). The molecule has 1 aliphatic heterocycles. The molecule has 0 aromatic heterocycles. The number of anilines is 1. The minimum atomic E-state index is -4.41. The molecule has 0 unspecified atom stereocenters. The first kappa shape index (κ1) is 16.4. The summed E-state index contributed by atoms with van der Waals surface area (Å²) in [5.41, 5.74) is 0.828. The average Bonchev–Trinajstić information content (AvgIpc) is 2.76. The second-order valence-electron chi connectivity index (χ2n) is 5.61. The zero-order valence-electron chi connectivity index (χ0n) is 12.9. The van der Waals surface area contributed by atoms with Gasteiger partial charge >= 0.3 is 12.2 Å². The van der Waals surface area contributed by atoms with Gasteiger partial charge in [-0.1, -0.05) is 17.7 Å². The van der Waals surface area contributed by atoms with Gasteiger partial charge < -0.3 is 4.90 Å². The number of hydrogen-bond donors (Lipinski definition) is 0. The summed E-state index contributed by atoms with van der Waals surface area (Å²) >= 11 is 0. The number of amides is 2. The Morgan fingerprint density at radius 1 is 1.27 bits per heavy atom. The van der Waals surface area contributed by atoms with E-state index in [1.165, 1.54) is 17.9 Å². The van der Waals surface area contributed by atoms with Crippen LogP contribution in [-0.2, 0) is 6.18 Å². The SMILES string of the molecule is CC(C)=CCN1CCN(c2cccc(C(F)(F)F)c2C)C1=O. The number of alkyl halides is 3. The van der Waals surface area contributed by atoms with Crippen LogP contribution in [0.2, 0.25) is 0 Å². The molecule has 1 aliphatic rings. The summed E-state index contributed by atoms with van der Waals surface area (Å²) in [6.07, 6.45) is -2.48. The summed E-state index contributed by atoms with van der Waals surface area (Å²) in [7, 11) is 0. The van der Waals surface area contributed by atoms with E-state index in [2.05, 4.69) is 0 Å². The Morgan fingerprint density at radius 2 is 1.95 bits per heavy atom. The van der Waals surface area contributed by atoms with Crippen molar-refractivity contribution in [3.63, 3.8) is 0 Å². The molecule has 120 valence electrons. The highest BCUT2D eigenvalue weighted by atomic mass is 19.4. The molecule has 1 heterocycles. The van der Waals surface area contributed by atoms with Gasteiger partial charge in [0.05, 0.1) is 5.56 Å². The van der Waals surface area contributed by atoms with Crippen LogP contribution in [0.15, 0.2) is 29.8 Å². The summed E-state index contributed by atoms with van der Waals surface area (Å²) in [4.78, 5) is 15.4. The Bertz CT molecular complexity index is 604. The van der Waals surface area contributed by atoms with Crippen LogP contribution < -0.4 is 4.90 Å². The first-order valence-electron chi connectivity index (χ1n) is 7.08. The molecule has 1 fully saturated rings. The average molecular weight is 312 g/mol. The van der Waals surface area contributed by atoms with E-state index in [4.69, 9.17) is 0 Å². The second kappa shape index (κ2) is 6.02. The maximum absolute atomic E-state index is 13.0. The van der Waals surface area contributed by atoms with Gasteiger partial charge in [0.25, 0.3) is 0 Å². The number of urea groups is 1. The van der Waals surface area contributed by atoms with Crippen LogP contribution in [0.3, 0.4) is 0 Å².